The Bertz CT molecular complexity index is 262. The van der Waals surface area contributed by atoms with Crippen LogP contribution in [0.25, 0.3) is 0 Å². The van der Waals surface area contributed by atoms with E-state index in [0.717, 1.165) is 9.15 Å². The Kier molecular flexibility index (Phi) is 4.89. The van der Waals surface area contributed by atoms with Crippen LogP contribution >= 0.6 is 22.6 Å². The summed E-state index contributed by atoms with van der Waals surface area (Å²) in [6.45, 7) is 7.11. The molecule has 66 valence electrons. The normalized spacial score (nSPS) is 12.9. The average molecular weight is 278 g/mol. The maximum Gasteiger partial charge on any atom is 0.332 e. The molecular formula is C9H11IO2. The van der Waals surface area contributed by atoms with E-state index in [4.69, 9.17) is 5.11 Å². The number of hydrogen-bond donors (Lipinski definition) is 1. The Hall–Kier alpha value is -0.580. The molecule has 0 fully saturated rings. The number of carbonyl (C=O) groups is 1. The van der Waals surface area contributed by atoms with Crippen molar-refractivity contribution in [1.29, 1.82) is 0 Å². The number of allylic oxidation sites excluding steroid dienone is 4. The van der Waals surface area contributed by atoms with Gasteiger partial charge in [0.15, 0.2) is 0 Å². The van der Waals surface area contributed by atoms with Crippen LogP contribution in [0.5, 0.6) is 0 Å². The van der Waals surface area contributed by atoms with Crippen LogP contribution < -0.4 is 0 Å². The number of carboxylic acids is 1. The van der Waals surface area contributed by atoms with Crippen molar-refractivity contribution in [1.82, 2.24) is 0 Å². The molecule has 0 spiro atoms. The third-order valence-electron chi connectivity index (χ3n) is 1.19. The molecule has 0 heterocycles. The van der Waals surface area contributed by atoms with Gasteiger partial charge in [0.2, 0.25) is 0 Å². The summed E-state index contributed by atoms with van der Waals surface area (Å²) in [5.41, 5.74) is 1.26. The summed E-state index contributed by atoms with van der Waals surface area (Å²) in [5.74, 6) is -0.884. The minimum atomic E-state index is -0.884. The van der Waals surface area contributed by atoms with Gasteiger partial charge in [0.25, 0.3) is 0 Å². The van der Waals surface area contributed by atoms with Gasteiger partial charge in [0.05, 0.1) is 0 Å². The number of aliphatic carboxylic acids is 1. The van der Waals surface area contributed by atoms with E-state index < -0.39 is 5.97 Å². The fourth-order valence-electron chi connectivity index (χ4n) is 0.443. The topological polar surface area (TPSA) is 37.3 Å². The van der Waals surface area contributed by atoms with Gasteiger partial charge < -0.3 is 5.11 Å². The molecule has 0 saturated carbocycles. The second-order valence-corrected chi connectivity index (χ2v) is 3.62. The summed E-state index contributed by atoms with van der Waals surface area (Å²) < 4.78 is 0.725. The van der Waals surface area contributed by atoms with Gasteiger partial charge in [-0.2, -0.15) is 0 Å². The Morgan fingerprint density at radius 1 is 1.42 bits per heavy atom. The molecule has 0 saturated heterocycles. The number of rotatable bonds is 3. The predicted octanol–water partition coefficient (Wildman–Crippen LogP) is 2.91. The molecular weight excluding hydrogens is 267 g/mol. The Morgan fingerprint density at radius 3 is 2.25 bits per heavy atom. The van der Waals surface area contributed by atoms with Crippen molar-refractivity contribution in [3.8, 4) is 0 Å². The van der Waals surface area contributed by atoms with Crippen LogP contribution in [-0.4, -0.2) is 11.1 Å². The predicted molar refractivity (Wildman–Crippen MR) is 58.3 cm³/mol. The largest absolute Gasteiger partial charge is 0.478 e. The van der Waals surface area contributed by atoms with Crippen molar-refractivity contribution >= 4 is 28.6 Å². The molecule has 0 aliphatic heterocycles. The first-order chi connectivity index (χ1) is 5.45. The molecule has 0 amide bonds. The van der Waals surface area contributed by atoms with E-state index in [1.165, 1.54) is 0 Å². The van der Waals surface area contributed by atoms with Gasteiger partial charge in [-0.25, -0.2) is 4.79 Å². The van der Waals surface area contributed by atoms with Crippen molar-refractivity contribution in [2.24, 2.45) is 0 Å². The van der Waals surface area contributed by atoms with Gasteiger partial charge in [-0.05, 0) is 42.5 Å². The van der Waals surface area contributed by atoms with Crippen molar-refractivity contribution in [3.63, 3.8) is 0 Å². The Labute approximate surface area is 85.8 Å². The number of halogens is 1. The van der Waals surface area contributed by atoms with Crippen LogP contribution in [0.15, 0.2) is 33.5 Å². The first kappa shape index (κ1) is 11.4. The zero-order valence-corrected chi connectivity index (χ0v) is 9.25. The molecule has 1 N–H and O–H groups in total. The molecule has 0 unspecified atom stereocenters. The van der Waals surface area contributed by atoms with E-state index in [2.05, 4.69) is 6.58 Å². The lowest BCUT2D eigenvalue weighted by atomic mass is 10.2. The van der Waals surface area contributed by atoms with Crippen molar-refractivity contribution in [3.05, 3.63) is 33.5 Å². The second-order valence-electron chi connectivity index (χ2n) is 2.46. The molecule has 0 radical (unpaired) electrons. The Morgan fingerprint density at radius 2 is 1.92 bits per heavy atom. The average Bonchev–Trinajstić information content (AvgIpc) is 1.98. The highest BCUT2D eigenvalue weighted by Gasteiger charge is 2.02. The molecule has 3 heteroatoms. The number of hydrogen-bond acceptors (Lipinski definition) is 1. The van der Waals surface area contributed by atoms with Crippen LogP contribution in [0, 0.1) is 0 Å². The van der Waals surface area contributed by atoms with E-state index in [1.807, 2.05) is 29.5 Å². The quantitative estimate of drug-likeness (QED) is 0.489. The minimum absolute atomic E-state index is 0.355. The minimum Gasteiger partial charge on any atom is -0.478 e. The number of carboxylic acid groups (broad SMARTS) is 1. The molecule has 0 aromatic carbocycles. The standard InChI is InChI=1S/C9H11IO2/c1-6(2)4-5-8(10)7(3)9(11)12/h4-5H,1H2,2-3H3,(H,11,12)/b5-4-,8-7-. The highest BCUT2D eigenvalue weighted by molar-refractivity contribution is 14.1. The monoisotopic (exact) mass is 278 g/mol. The van der Waals surface area contributed by atoms with Crippen molar-refractivity contribution in [2.45, 2.75) is 13.8 Å². The zero-order valence-electron chi connectivity index (χ0n) is 7.10. The molecule has 2 nitrogen and oxygen atoms in total. The smallest absolute Gasteiger partial charge is 0.332 e. The highest BCUT2D eigenvalue weighted by atomic mass is 127. The molecule has 0 atom stereocenters. The van der Waals surface area contributed by atoms with E-state index in [1.54, 1.807) is 19.1 Å². The second kappa shape index (κ2) is 5.13. The fraction of sp³-hybridized carbons (Fsp3) is 0.222. The summed E-state index contributed by atoms with van der Waals surface area (Å²) in [6, 6.07) is 0. The first-order valence-corrected chi connectivity index (χ1v) is 4.46. The van der Waals surface area contributed by atoms with E-state index in [0.29, 0.717) is 5.57 Å². The molecule has 0 aliphatic rings. The van der Waals surface area contributed by atoms with Crippen molar-refractivity contribution < 1.29 is 9.90 Å². The van der Waals surface area contributed by atoms with E-state index in [9.17, 15) is 4.79 Å². The van der Waals surface area contributed by atoms with E-state index >= 15 is 0 Å². The van der Waals surface area contributed by atoms with Gasteiger partial charge in [0.1, 0.15) is 0 Å². The summed E-state index contributed by atoms with van der Waals surface area (Å²) in [7, 11) is 0. The Balaban J connectivity index is 4.58. The molecule has 0 aromatic heterocycles. The first-order valence-electron chi connectivity index (χ1n) is 3.38. The van der Waals surface area contributed by atoms with Gasteiger partial charge in [0, 0.05) is 9.15 Å². The summed E-state index contributed by atoms with van der Waals surface area (Å²) in [5, 5.41) is 8.60. The SMILES string of the molecule is C=C(C)/C=C\C(I)=C(/C)C(=O)O. The molecule has 0 aromatic rings. The van der Waals surface area contributed by atoms with Crippen LogP contribution in [0.3, 0.4) is 0 Å². The van der Waals surface area contributed by atoms with Gasteiger partial charge in [-0.1, -0.05) is 18.2 Å². The van der Waals surface area contributed by atoms with Crippen LogP contribution in [0.2, 0.25) is 0 Å². The summed E-state index contributed by atoms with van der Waals surface area (Å²) in [4.78, 5) is 10.5. The van der Waals surface area contributed by atoms with Gasteiger partial charge >= 0.3 is 5.97 Å². The zero-order chi connectivity index (χ0) is 9.72. The maximum absolute atomic E-state index is 10.5. The lowest BCUT2D eigenvalue weighted by Gasteiger charge is -1.94. The van der Waals surface area contributed by atoms with Crippen LogP contribution in [0.4, 0.5) is 0 Å². The summed E-state index contributed by atoms with van der Waals surface area (Å²) in [6.07, 6.45) is 3.53. The lowest BCUT2D eigenvalue weighted by molar-refractivity contribution is -0.132. The fourth-order valence-corrected chi connectivity index (χ4v) is 0.853. The third-order valence-corrected chi connectivity index (χ3v) is 2.36. The molecule has 0 rings (SSSR count). The summed E-state index contributed by atoms with van der Waals surface area (Å²) >= 11 is 1.99. The van der Waals surface area contributed by atoms with E-state index in [-0.39, 0.29) is 0 Å². The van der Waals surface area contributed by atoms with Crippen LogP contribution in [0.1, 0.15) is 13.8 Å². The maximum atomic E-state index is 10.5. The molecule has 12 heavy (non-hydrogen) atoms. The molecule has 0 bridgehead atoms. The van der Waals surface area contributed by atoms with Gasteiger partial charge in [-0.3, -0.25) is 0 Å². The van der Waals surface area contributed by atoms with Crippen LogP contribution in [-0.2, 0) is 4.79 Å². The highest BCUT2D eigenvalue weighted by Crippen LogP contribution is 2.14. The molecule has 0 aliphatic carbocycles. The lowest BCUT2D eigenvalue weighted by Crippen LogP contribution is -1.96. The van der Waals surface area contributed by atoms with Crippen molar-refractivity contribution in [2.75, 3.05) is 0 Å². The van der Waals surface area contributed by atoms with Gasteiger partial charge in [-0.15, -0.1) is 0 Å². The third kappa shape index (κ3) is 4.33.